The Labute approximate surface area is 156 Å². The lowest BCUT2D eigenvalue weighted by Crippen LogP contribution is -2.71. The quantitative estimate of drug-likeness (QED) is 0.851. The number of benzene rings is 1. The van der Waals surface area contributed by atoms with Gasteiger partial charge in [0.1, 0.15) is 5.69 Å². The number of nitrogens with zero attached hydrogens (tertiary/aromatic N) is 2. The largest absolute Gasteiger partial charge is 0.322 e. The second kappa shape index (κ2) is 5.40. The van der Waals surface area contributed by atoms with Crippen molar-refractivity contribution < 1.29 is 13.6 Å². The molecule has 3 aliphatic rings. The fourth-order valence-corrected chi connectivity index (χ4v) is 6.17. The Hall–Kier alpha value is -2.24. The van der Waals surface area contributed by atoms with Crippen LogP contribution in [0.3, 0.4) is 0 Å². The van der Waals surface area contributed by atoms with Crippen molar-refractivity contribution >= 4 is 11.6 Å². The molecule has 1 amide bonds. The van der Waals surface area contributed by atoms with Crippen molar-refractivity contribution in [1.29, 1.82) is 0 Å². The third kappa shape index (κ3) is 1.96. The van der Waals surface area contributed by atoms with Crippen LogP contribution in [0.1, 0.15) is 66.2 Å². The highest BCUT2D eigenvalue weighted by atomic mass is 19.3. The molecule has 1 aromatic carbocycles. The summed E-state index contributed by atoms with van der Waals surface area (Å²) in [5, 5.41) is 6.64. The normalized spacial score (nSPS) is 30.0. The molecule has 0 aliphatic heterocycles. The molecule has 0 bridgehead atoms. The van der Waals surface area contributed by atoms with Gasteiger partial charge in [0.25, 0.3) is 12.3 Å². The second-order valence-corrected chi connectivity index (χ2v) is 8.61. The Balaban J connectivity index is 1.48. The predicted molar refractivity (Wildman–Crippen MR) is 98.0 cm³/mol. The number of amides is 1. The standard InChI is InChI=1S/C21H23F2N3O/c1-10(2)15-13-7-8-21(13)12-5-4-6-14(16(12)17(15)21)24-20(27)11-9-26(3)25-18(11)19(22)23/h4-6,9-10,13,15,17,19H,7-8H2,1-3H3,(H,24,27)/t13-,15?,17+,21?/m1/s1. The van der Waals surface area contributed by atoms with Gasteiger partial charge in [0.2, 0.25) is 0 Å². The van der Waals surface area contributed by atoms with Crippen molar-refractivity contribution in [2.45, 2.75) is 44.4 Å². The molecule has 2 aromatic rings. The Morgan fingerprint density at radius 3 is 2.78 bits per heavy atom. The first-order valence-electron chi connectivity index (χ1n) is 9.62. The smallest absolute Gasteiger partial charge is 0.282 e. The van der Waals surface area contributed by atoms with Crippen LogP contribution in [-0.4, -0.2) is 15.7 Å². The van der Waals surface area contributed by atoms with E-state index in [2.05, 4.69) is 30.3 Å². The maximum atomic E-state index is 13.2. The van der Waals surface area contributed by atoms with Crippen LogP contribution in [0.2, 0.25) is 0 Å². The average molecular weight is 371 g/mol. The molecule has 2 unspecified atom stereocenters. The van der Waals surface area contributed by atoms with Gasteiger partial charge < -0.3 is 5.32 Å². The Morgan fingerprint density at radius 2 is 2.15 bits per heavy atom. The van der Waals surface area contributed by atoms with Gasteiger partial charge in [-0.2, -0.15) is 5.10 Å². The summed E-state index contributed by atoms with van der Waals surface area (Å²) in [6.07, 6.45) is 1.11. The van der Waals surface area contributed by atoms with Gasteiger partial charge in [0.05, 0.1) is 5.56 Å². The highest BCUT2D eigenvalue weighted by Crippen LogP contribution is 2.80. The summed E-state index contributed by atoms with van der Waals surface area (Å²) >= 11 is 0. The first-order chi connectivity index (χ1) is 12.9. The molecule has 142 valence electrons. The molecule has 0 saturated heterocycles. The van der Waals surface area contributed by atoms with Gasteiger partial charge in [-0.15, -0.1) is 0 Å². The number of anilines is 1. The van der Waals surface area contributed by atoms with Gasteiger partial charge in [0, 0.05) is 24.3 Å². The molecule has 1 spiro atoms. The van der Waals surface area contributed by atoms with Crippen LogP contribution in [0, 0.1) is 17.8 Å². The number of aryl methyl sites for hydroxylation is 1. The van der Waals surface area contributed by atoms with Crippen LogP contribution in [0.4, 0.5) is 14.5 Å². The number of fused-ring (bicyclic) bond motifs is 2. The van der Waals surface area contributed by atoms with E-state index in [4.69, 9.17) is 0 Å². The summed E-state index contributed by atoms with van der Waals surface area (Å²) in [5.74, 6) is 2.00. The van der Waals surface area contributed by atoms with E-state index >= 15 is 0 Å². The minimum absolute atomic E-state index is 0.0605. The Kier molecular flexibility index (Phi) is 3.38. The highest BCUT2D eigenvalue weighted by molar-refractivity contribution is 6.05. The Morgan fingerprint density at radius 1 is 1.37 bits per heavy atom. The lowest BCUT2D eigenvalue weighted by Gasteiger charge is -2.77. The Bertz CT molecular complexity index is 951. The molecule has 1 heterocycles. The van der Waals surface area contributed by atoms with Crippen LogP contribution < -0.4 is 5.32 Å². The summed E-state index contributed by atoms with van der Waals surface area (Å²) in [5.41, 5.74) is 3.15. The summed E-state index contributed by atoms with van der Waals surface area (Å²) in [4.78, 5) is 12.7. The molecule has 4 atom stereocenters. The predicted octanol–water partition coefficient (Wildman–Crippen LogP) is 4.64. The van der Waals surface area contributed by atoms with Crippen molar-refractivity contribution in [3.05, 3.63) is 46.8 Å². The maximum Gasteiger partial charge on any atom is 0.282 e. The molecular formula is C21H23F2N3O. The summed E-state index contributed by atoms with van der Waals surface area (Å²) in [7, 11) is 1.54. The summed E-state index contributed by atoms with van der Waals surface area (Å²) < 4.78 is 27.7. The van der Waals surface area contributed by atoms with Crippen molar-refractivity contribution in [1.82, 2.24) is 9.78 Å². The number of aromatic nitrogens is 2. The average Bonchev–Trinajstić information content (AvgIpc) is 2.96. The lowest BCUT2D eigenvalue weighted by molar-refractivity contribution is -0.141. The lowest BCUT2D eigenvalue weighted by atomic mass is 9.27. The van der Waals surface area contributed by atoms with Gasteiger partial charge in [-0.3, -0.25) is 9.48 Å². The minimum Gasteiger partial charge on any atom is -0.322 e. The molecule has 1 aromatic heterocycles. The molecule has 1 N–H and O–H groups in total. The monoisotopic (exact) mass is 371 g/mol. The van der Waals surface area contributed by atoms with Gasteiger partial charge in [0.15, 0.2) is 0 Å². The van der Waals surface area contributed by atoms with Crippen molar-refractivity contribution in [2.24, 2.45) is 24.8 Å². The van der Waals surface area contributed by atoms with Crippen molar-refractivity contribution in [3.8, 4) is 0 Å². The highest BCUT2D eigenvalue weighted by Gasteiger charge is 2.74. The molecular weight excluding hydrogens is 348 g/mol. The first kappa shape index (κ1) is 16.9. The molecule has 2 fully saturated rings. The molecule has 27 heavy (non-hydrogen) atoms. The number of hydrogen-bond acceptors (Lipinski definition) is 2. The molecule has 4 nitrogen and oxygen atoms in total. The topological polar surface area (TPSA) is 46.9 Å². The number of nitrogens with one attached hydrogen (secondary N) is 1. The van der Waals surface area contributed by atoms with Crippen LogP contribution in [0.5, 0.6) is 0 Å². The number of carbonyl (C=O) groups is 1. The third-order valence-electron chi connectivity index (χ3n) is 7.18. The van der Waals surface area contributed by atoms with E-state index in [1.54, 1.807) is 7.05 Å². The number of rotatable bonds is 4. The van der Waals surface area contributed by atoms with Crippen molar-refractivity contribution in [3.63, 3.8) is 0 Å². The molecule has 2 saturated carbocycles. The minimum atomic E-state index is -2.78. The third-order valence-corrected chi connectivity index (χ3v) is 7.18. The second-order valence-electron chi connectivity index (χ2n) is 8.61. The van der Waals surface area contributed by atoms with Crippen LogP contribution in [0.25, 0.3) is 0 Å². The zero-order valence-corrected chi connectivity index (χ0v) is 15.7. The molecule has 5 rings (SSSR count). The van der Waals surface area contributed by atoms with Crippen molar-refractivity contribution in [2.75, 3.05) is 5.32 Å². The zero-order valence-electron chi connectivity index (χ0n) is 15.7. The van der Waals surface area contributed by atoms with Crippen LogP contribution in [0.15, 0.2) is 24.4 Å². The zero-order chi connectivity index (χ0) is 19.1. The van der Waals surface area contributed by atoms with E-state index in [9.17, 15) is 13.6 Å². The van der Waals surface area contributed by atoms with Gasteiger partial charge in [-0.05, 0) is 53.7 Å². The van der Waals surface area contributed by atoms with Crippen LogP contribution >= 0.6 is 0 Å². The molecule has 0 radical (unpaired) electrons. The van der Waals surface area contributed by atoms with E-state index in [0.717, 1.165) is 11.6 Å². The molecule has 3 aliphatic carbocycles. The number of halogens is 2. The van der Waals surface area contributed by atoms with E-state index in [1.807, 2.05) is 12.1 Å². The molecule has 6 heteroatoms. The van der Waals surface area contributed by atoms with Gasteiger partial charge in [-0.25, -0.2) is 8.78 Å². The summed E-state index contributed by atoms with van der Waals surface area (Å²) in [6.45, 7) is 4.55. The number of carbonyl (C=O) groups excluding carboxylic acids is 1. The van der Waals surface area contributed by atoms with E-state index in [0.29, 0.717) is 23.2 Å². The maximum absolute atomic E-state index is 13.2. The van der Waals surface area contributed by atoms with Gasteiger partial charge in [-0.1, -0.05) is 26.0 Å². The SMILES string of the molecule is CC(C)C1[C@H]2CCC23c2cccc(NC(=O)c4cn(C)nc4C(F)F)c2[C@H]13. The van der Waals surface area contributed by atoms with Gasteiger partial charge >= 0.3 is 0 Å². The van der Waals surface area contributed by atoms with E-state index in [1.165, 1.54) is 34.8 Å². The first-order valence-corrected chi connectivity index (χ1v) is 9.62. The fourth-order valence-electron chi connectivity index (χ4n) is 6.17. The fraction of sp³-hybridized carbons (Fsp3) is 0.524. The van der Waals surface area contributed by atoms with E-state index in [-0.39, 0.29) is 5.56 Å². The summed E-state index contributed by atoms with van der Waals surface area (Å²) in [6, 6.07) is 6.04. The number of hydrogen-bond donors (Lipinski definition) is 1. The number of alkyl halides is 2. The van der Waals surface area contributed by atoms with Crippen LogP contribution in [-0.2, 0) is 12.5 Å². The van der Waals surface area contributed by atoms with E-state index < -0.39 is 18.0 Å².